The zero-order valence-corrected chi connectivity index (χ0v) is 14.2. The van der Waals surface area contributed by atoms with Crippen LogP contribution >= 0.6 is 11.3 Å². The van der Waals surface area contributed by atoms with E-state index in [1.165, 1.54) is 18.3 Å². The van der Waals surface area contributed by atoms with Crippen molar-refractivity contribution in [2.45, 2.75) is 18.6 Å². The summed E-state index contributed by atoms with van der Waals surface area (Å²) in [6.45, 7) is 1.34. The number of hydrogen-bond donors (Lipinski definition) is 1. The first kappa shape index (κ1) is 17.1. The summed E-state index contributed by atoms with van der Waals surface area (Å²) >= 11 is 1.29. The summed E-state index contributed by atoms with van der Waals surface area (Å²) in [6.07, 6.45) is 3.29. The normalized spacial score (nSPS) is 12.4. The zero-order valence-electron chi connectivity index (χ0n) is 12.6. The lowest BCUT2D eigenvalue weighted by atomic mass is 10.1. The van der Waals surface area contributed by atoms with E-state index in [4.69, 9.17) is 5.26 Å². The average Bonchev–Trinajstić information content (AvgIpc) is 2.93. The molecule has 0 fully saturated rings. The lowest BCUT2D eigenvalue weighted by molar-refractivity contribution is -0.115. The maximum Gasteiger partial charge on any atom is 0.244 e. The minimum absolute atomic E-state index is 0.370. The highest BCUT2D eigenvalue weighted by atomic mass is 32.2. The highest BCUT2D eigenvalue weighted by Gasteiger charge is 2.24. The third-order valence-corrected chi connectivity index (χ3v) is 5.67. The summed E-state index contributed by atoms with van der Waals surface area (Å²) in [6, 6.07) is 9.27. The molecule has 0 spiro atoms. The number of sulfone groups is 1. The van der Waals surface area contributed by atoms with Crippen LogP contribution in [-0.4, -0.2) is 30.8 Å². The molecule has 1 aromatic carbocycles. The van der Waals surface area contributed by atoms with Gasteiger partial charge in [0.25, 0.3) is 0 Å². The Morgan fingerprint density at radius 3 is 2.61 bits per heavy atom. The Morgan fingerprint density at radius 1 is 1.39 bits per heavy atom. The summed E-state index contributed by atoms with van der Waals surface area (Å²) in [5.41, 5.74) is 1.62. The number of anilines is 1. The standard InChI is InChI=1S/C15H15N3O3S2/c1-10(23(2,20)21)14(19)18-15-17-9-13(22-15)7-11-3-5-12(8-16)6-4-11/h3-6,9-10H,7H2,1-2H3,(H,17,18,19). The van der Waals surface area contributed by atoms with Gasteiger partial charge in [0.15, 0.2) is 15.0 Å². The van der Waals surface area contributed by atoms with Gasteiger partial charge in [-0.15, -0.1) is 11.3 Å². The summed E-state index contributed by atoms with van der Waals surface area (Å²) in [5.74, 6) is -0.591. The smallest absolute Gasteiger partial charge is 0.244 e. The molecule has 1 unspecified atom stereocenters. The minimum Gasteiger partial charge on any atom is -0.301 e. The molecule has 2 rings (SSSR count). The molecular weight excluding hydrogens is 334 g/mol. The van der Waals surface area contributed by atoms with Gasteiger partial charge in [0, 0.05) is 23.8 Å². The predicted octanol–water partition coefficient (Wildman–Crippen LogP) is 1.98. The van der Waals surface area contributed by atoms with Gasteiger partial charge in [0.05, 0.1) is 11.6 Å². The zero-order chi connectivity index (χ0) is 17.0. The summed E-state index contributed by atoms with van der Waals surface area (Å²) in [5, 5.41) is 10.5. The topological polar surface area (TPSA) is 99.9 Å². The van der Waals surface area contributed by atoms with Crippen LogP contribution in [0.3, 0.4) is 0 Å². The second-order valence-electron chi connectivity index (χ2n) is 5.08. The first-order valence-corrected chi connectivity index (χ1v) is 9.50. The molecule has 2 aromatic rings. The van der Waals surface area contributed by atoms with Crippen molar-refractivity contribution in [1.82, 2.24) is 4.98 Å². The van der Waals surface area contributed by atoms with Gasteiger partial charge in [-0.25, -0.2) is 13.4 Å². The number of rotatable bonds is 5. The van der Waals surface area contributed by atoms with E-state index in [1.54, 1.807) is 18.3 Å². The maximum absolute atomic E-state index is 11.8. The Hall–Kier alpha value is -2.24. The molecule has 120 valence electrons. The van der Waals surface area contributed by atoms with Crippen LogP contribution in [0.2, 0.25) is 0 Å². The van der Waals surface area contributed by atoms with Crippen LogP contribution in [0.5, 0.6) is 0 Å². The van der Waals surface area contributed by atoms with Crippen molar-refractivity contribution >= 4 is 32.2 Å². The number of amides is 1. The van der Waals surface area contributed by atoms with Gasteiger partial charge in [-0.2, -0.15) is 5.26 Å². The largest absolute Gasteiger partial charge is 0.301 e. The minimum atomic E-state index is -3.43. The van der Waals surface area contributed by atoms with Crippen LogP contribution in [0.4, 0.5) is 5.13 Å². The van der Waals surface area contributed by atoms with E-state index in [9.17, 15) is 13.2 Å². The number of aromatic nitrogens is 1. The Morgan fingerprint density at radius 2 is 2.04 bits per heavy atom. The summed E-state index contributed by atoms with van der Waals surface area (Å²) in [4.78, 5) is 16.9. The van der Waals surface area contributed by atoms with Gasteiger partial charge in [-0.05, 0) is 24.6 Å². The number of nitrogens with zero attached hydrogens (tertiary/aromatic N) is 2. The first-order valence-electron chi connectivity index (χ1n) is 6.73. The molecule has 0 saturated heterocycles. The Labute approximate surface area is 138 Å². The molecule has 1 amide bonds. The Bertz CT molecular complexity index is 849. The molecule has 0 bridgehead atoms. The monoisotopic (exact) mass is 349 g/mol. The lowest BCUT2D eigenvalue weighted by Gasteiger charge is -2.07. The predicted molar refractivity (Wildman–Crippen MR) is 89.0 cm³/mol. The van der Waals surface area contributed by atoms with Gasteiger partial charge < -0.3 is 5.32 Å². The molecule has 8 heteroatoms. The fraction of sp³-hybridized carbons (Fsp3) is 0.267. The van der Waals surface area contributed by atoms with Crippen molar-refractivity contribution < 1.29 is 13.2 Å². The Kier molecular flexibility index (Phi) is 5.13. The van der Waals surface area contributed by atoms with Gasteiger partial charge in [0.2, 0.25) is 5.91 Å². The molecule has 0 aliphatic heterocycles. The fourth-order valence-corrected chi connectivity index (χ4v) is 3.04. The van der Waals surface area contributed by atoms with E-state index in [1.807, 2.05) is 12.1 Å². The third-order valence-electron chi connectivity index (χ3n) is 3.26. The van der Waals surface area contributed by atoms with Crippen LogP contribution < -0.4 is 5.32 Å². The molecule has 0 aliphatic carbocycles. The van der Waals surface area contributed by atoms with Crippen LogP contribution in [-0.2, 0) is 21.1 Å². The van der Waals surface area contributed by atoms with Gasteiger partial charge in [0.1, 0.15) is 5.25 Å². The van der Waals surface area contributed by atoms with Gasteiger partial charge in [-0.3, -0.25) is 4.79 Å². The van der Waals surface area contributed by atoms with Crippen molar-refractivity contribution in [2.75, 3.05) is 11.6 Å². The van der Waals surface area contributed by atoms with Crippen LogP contribution in [0.1, 0.15) is 22.9 Å². The van der Waals surface area contributed by atoms with E-state index in [-0.39, 0.29) is 0 Å². The van der Waals surface area contributed by atoms with Crippen LogP contribution in [0.25, 0.3) is 0 Å². The second-order valence-corrected chi connectivity index (χ2v) is 8.56. The molecule has 0 aliphatic rings. The van der Waals surface area contributed by atoms with Crippen molar-refractivity contribution in [2.24, 2.45) is 0 Å². The lowest BCUT2D eigenvalue weighted by Crippen LogP contribution is -2.31. The maximum atomic E-state index is 11.8. The molecule has 1 heterocycles. The molecular formula is C15H15N3O3S2. The quantitative estimate of drug-likeness (QED) is 0.889. The van der Waals surface area contributed by atoms with E-state index in [2.05, 4.69) is 16.4 Å². The van der Waals surface area contributed by atoms with Crippen molar-refractivity contribution in [3.8, 4) is 6.07 Å². The third kappa shape index (κ3) is 4.61. The number of carbonyl (C=O) groups excluding carboxylic acids is 1. The number of nitriles is 1. The molecule has 0 saturated carbocycles. The van der Waals surface area contributed by atoms with Crippen molar-refractivity contribution in [1.29, 1.82) is 5.26 Å². The highest BCUT2D eigenvalue weighted by molar-refractivity contribution is 7.92. The van der Waals surface area contributed by atoms with E-state index in [0.29, 0.717) is 17.1 Å². The average molecular weight is 349 g/mol. The Balaban J connectivity index is 2.03. The number of benzene rings is 1. The number of hydrogen-bond acceptors (Lipinski definition) is 6. The highest BCUT2D eigenvalue weighted by Crippen LogP contribution is 2.22. The second kappa shape index (κ2) is 6.89. The molecule has 1 N–H and O–H groups in total. The van der Waals surface area contributed by atoms with Crippen LogP contribution in [0, 0.1) is 11.3 Å². The van der Waals surface area contributed by atoms with Gasteiger partial charge in [-0.1, -0.05) is 12.1 Å². The SMILES string of the molecule is CC(C(=O)Nc1ncc(Cc2ccc(C#N)cc2)s1)S(C)(=O)=O. The fourth-order valence-electron chi connectivity index (χ4n) is 1.75. The molecule has 6 nitrogen and oxygen atoms in total. The molecule has 0 radical (unpaired) electrons. The summed E-state index contributed by atoms with van der Waals surface area (Å²) < 4.78 is 22.7. The summed E-state index contributed by atoms with van der Waals surface area (Å²) in [7, 11) is -3.43. The number of carbonyl (C=O) groups is 1. The van der Waals surface area contributed by atoms with Gasteiger partial charge >= 0.3 is 0 Å². The van der Waals surface area contributed by atoms with E-state index in [0.717, 1.165) is 16.7 Å². The molecule has 23 heavy (non-hydrogen) atoms. The van der Waals surface area contributed by atoms with Crippen LogP contribution in [0.15, 0.2) is 30.5 Å². The first-order chi connectivity index (χ1) is 10.8. The molecule has 1 atom stereocenters. The van der Waals surface area contributed by atoms with E-state index < -0.39 is 21.0 Å². The number of thiazole rings is 1. The molecule has 1 aromatic heterocycles. The van der Waals surface area contributed by atoms with Crippen molar-refractivity contribution in [3.63, 3.8) is 0 Å². The van der Waals surface area contributed by atoms with E-state index >= 15 is 0 Å². The van der Waals surface area contributed by atoms with Crippen molar-refractivity contribution in [3.05, 3.63) is 46.5 Å². The number of nitrogens with one attached hydrogen (secondary N) is 1.